The van der Waals surface area contributed by atoms with Crippen molar-refractivity contribution < 1.29 is 18.3 Å². The predicted octanol–water partition coefficient (Wildman–Crippen LogP) is 3.40. The molecule has 0 unspecified atom stereocenters. The largest absolute Gasteiger partial charge is 0.494 e. The number of aromatic nitrogens is 4. The molecule has 0 saturated carbocycles. The van der Waals surface area contributed by atoms with E-state index in [1.807, 2.05) is 31.2 Å². The molecule has 10 heteroatoms. The average molecular weight is 491 g/mol. The third-order valence-electron chi connectivity index (χ3n) is 6.26. The van der Waals surface area contributed by atoms with E-state index < -0.39 is 0 Å². The van der Waals surface area contributed by atoms with Gasteiger partial charge in [-0.2, -0.15) is 0 Å². The smallest absolute Gasteiger partial charge is 0.289 e. The summed E-state index contributed by atoms with van der Waals surface area (Å²) in [6.07, 6.45) is 1.51. The number of hydrogen-bond acceptors (Lipinski definition) is 7. The van der Waals surface area contributed by atoms with Crippen LogP contribution in [-0.4, -0.2) is 68.7 Å². The van der Waals surface area contributed by atoms with Crippen LogP contribution in [-0.2, 0) is 6.54 Å². The highest BCUT2D eigenvalue weighted by Crippen LogP contribution is 2.30. The summed E-state index contributed by atoms with van der Waals surface area (Å²) < 4.78 is 26.1. The van der Waals surface area contributed by atoms with E-state index in [9.17, 15) is 9.18 Å². The lowest BCUT2D eigenvalue weighted by molar-refractivity contribution is 0.0559. The zero-order valence-corrected chi connectivity index (χ0v) is 20.0. The number of ether oxygens (including phenoxy) is 1. The number of carbonyl (C=O) groups excluding carboxylic acids is 1. The maximum atomic E-state index is 13.4. The number of furan rings is 1. The first-order valence-electron chi connectivity index (χ1n) is 11.9. The summed E-state index contributed by atoms with van der Waals surface area (Å²) in [5.74, 6) is 1.41. The molecular weight excluding hydrogens is 463 g/mol. The van der Waals surface area contributed by atoms with E-state index in [0.717, 1.165) is 16.9 Å². The first-order chi connectivity index (χ1) is 17.6. The third kappa shape index (κ3) is 5.13. The number of amides is 1. The highest BCUT2D eigenvalue weighted by Gasteiger charge is 2.32. The van der Waals surface area contributed by atoms with Gasteiger partial charge in [-0.15, -0.1) is 5.10 Å². The van der Waals surface area contributed by atoms with Crippen LogP contribution in [0.4, 0.5) is 4.39 Å². The summed E-state index contributed by atoms with van der Waals surface area (Å²) >= 11 is 0. The molecular formula is C26H27FN6O3. The topological polar surface area (TPSA) is 89.5 Å². The van der Waals surface area contributed by atoms with Crippen molar-refractivity contribution in [1.82, 2.24) is 30.0 Å². The first-order valence-corrected chi connectivity index (χ1v) is 11.9. The van der Waals surface area contributed by atoms with Gasteiger partial charge in [0.2, 0.25) is 0 Å². The fourth-order valence-corrected chi connectivity index (χ4v) is 4.46. The molecule has 0 spiro atoms. The summed E-state index contributed by atoms with van der Waals surface area (Å²) in [7, 11) is 0. The van der Waals surface area contributed by atoms with Crippen molar-refractivity contribution in [2.75, 3.05) is 32.8 Å². The second kappa shape index (κ2) is 10.7. The van der Waals surface area contributed by atoms with Crippen LogP contribution in [0, 0.1) is 5.82 Å². The second-order valence-electron chi connectivity index (χ2n) is 8.53. The Morgan fingerprint density at radius 1 is 1.06 bits per heavy atom. The summed E-state index contributed by atoms with van der Waals surface area (Å²) in [6, 6.07) is 17.4. The van der Waals surface area contributed by atoms with Crippen molar-refractivity contribution in [2.45, 2.75) is 19.5 Å². The van der Waals surface area contributed by atoms with Gasteiger partial charge in [-0.25, -0.2) is 9.07 Å². The van der Waals surface area contributed by atoms with Crippen LogP contribution in [0.1, 0.15) is 40.5 Å². The van der Waals surface area contributed by atoms with Crippen molar-refractivity contribution in [3.05, 3.63) is 95.5 Å². The molecule has 36 heavy (non-hydrogen) atoms. The van der Waals surface area contributed by atoms with Gasteiger partial charge in [0.25, 0.3) is 5.91 Å². The molecule has 1 fully saturated rings. The molecule has 4 aromatic rings. The van der Waals surface area contributed by atoms with Crippen LogP contribution in [0.15, 0.2) is 71.3 Å². The predicted molar refractivity (Wildman–Crippen MR) is 129 cm³/mol. The van der Waals surface area contributed by atoms with Gasteiger partial charge in [-0.1, -0.05) is 24.3 Å². The molecule has 1 aliphatic heterocycles. The van der Waals surface area contributed by atoms with E-state index in [0.29, 0.717) is 50.9 Å². The molecule has 1 atom stereocenters. The van der Waals surface area contributed by atoms with Gasteiger partial charge < -0.3 is 14.1 Å². The van der Waals surface area contributed by atoms with Crippen molar-refractivity contribution in [3.63, 3.8) is 0 Å². The minimum Gasteiger partial charge on any atom is -0.494 e. The number of halogens is 1. The van der Waals surface area contributed by atoms with Gasteiger partial charge in [0, 0.05) is 26.2 Å². The van der Waals surface area contributed by atoms with Crippen molar-refractivity contribution in [1.29, 1.82) is 0 Å². The van der Waals surface area contributed by atoms with Crippen LogP contribution in [0.5, 0.6) is 5.75 Å². The molecule has 0 aliphatic carbocycles. The Balaban J connectivity index is 1.41. The van der Waals surface area contributed by atoms with Gasteiger partial charge in [-0.05, 0) is 64.9 Å². The summed E-state index contributed by atoms with van der Waals surface area (Å²) in [6.45, 7) is 5.31. The Bertz CT molecular complexity index is 1270. The lowest BCUT2D eigenvalue weighted by atomic mass is 10.0. The van der Waals surface area contributed by atoms with E-state index >= 15 is 0 Å². The minimum absolute atomic E-state index is 0.113. The monoisotopic (exact) mass is 490 g/mol. The minimum atomic E-state index is -0.287. The summed E-state index contributed by atoms with van der Waals surface area (Å²) in [4.78, 5) is 16.8. The van der Waals surface area contributed by atoms with Gasteiger partial charge in [0.05, 0.1) is 25.5 Å². The molecule has 3 heterocycles. The van der Waals surface area contributed by atoms with Gasteiger partial charge in [0.1, 0.15) is 11.6 Å². The molecule has 2 aromatic carbocycles. The molecule has 5 rings (SSSR count). The zero-order chi connectivity index (χ0) is 24.9. The van der Waals surface area contributed by atoms with E-state index in [1.54, 1.807) is 33.8 Å². The van der Waals surface area contributed by atoms with Gasteiger partial charge in [-0.3, -0.25) is 9.69 Å². The van der Waals surface area contributed by atoms with Crippen LogP contribution in [0.25, 0.3) is 0 Å². The quantitative estimate of drug-likeness (QED) is 0.374. The SMILES string of the molecule is CCOc1ccc([C@@H](c2nnnn2Cc2ccc(F)cc2)N2CCN(C(=O)c3ccco3)CC2)cc1. The number of piperazine rings is 1. The standard InChI is InChI=1S/C26H27FN6O3/c1-2-35-22-11-7-20(8-12-22)24(25-28-29-30-33(25)18-19-5-9-21(27)10-6-19)31-13-15-32(16-14-31)26(34)23-4-3-17-36-23/h3-12,17,24H,2,13-16,18H2,1H3/t24-/m0/s1. The molecule has 9 nitrogen and oxygen atoms in total. The van der Waals surface area contributed by atoms with Crippen molar-refractivity contribution >= 4 is 5.91 Å². The van der Waals surface area contributed by atoms with Crippen LogP contribution >= 0.6 is 0 Å². The molecule has 0 radical (unpaired) electrons. The summed E-state index contributed by atoms with van der Waals surface area (Å²) in [5, 5.41) is 12.6. The maximum absolute atomic E-state index is 13.4. The Hall–Kier alpha value is -4.05. The Kier molecular flexibility index (Phi) is 7.03. The van der Waals surface area contributed by atoms with Crippen molar-refractivity contribution in [3.8, 4) is 5.75 Å². The number of nitrogens with zero attached hydrogens (tertiary/aromatic N) is 6. The molecule has 2 aromatic heterocycles. The number of hydrogen-bond donors (Lipinski definition) is 0. The van der Waals surface area contributed by atoms with E-state index in [1.165, 1.54) is 18.4 Å². The Labute approximate surface area is 208 Å². The number of carbonyl (C=O) groups is 1. The van der Waals surface area contributed by atoms with Crippen LogP contribution in [0.3, 0.4) is 0 Å². The normalized spacial score (nSPS) is 15.1. The fourth-order valence-electron chi connectivity index (χ4n) is 4.46. The van der Waals surface area contributed by atoms with Crippen LogP contribution < -0.4 is 4.74 Å². The first kappa shape index (κ1) is 23.7. The number of rotatable bonds is 8. The molecule has 0 N–H and O–H groups in total. The molecule has 1 aliphatic rings. The van der Waals surface area contributed by atoms with E-state index in [2.05, 4.69) is 20.4 Å². The summed E-state index contributed by atoms with van der Waals surface area (Å²) in [5.41, 5.74) is 1.91. The molecule has 186 valence electrons. The number of benzene rings is 2. The van der Waals surface area contributed by atoms with Crippen LogP contribution in [0.2, 0.25) is 0 Å². The van der Waals surface area contributed by atoms with Gasteiger partial charge in [0.15, 0.2) is 11.6 Å². The molecule has 1 amide bonds. The second-order valence-corrected chi connectivity index (χ2v) is 8.53. The molecule has 0 bridgehead atoms. The zero-order valence-electron chi connectivity index (χ0n) is 20.0. The third-order valence-corrected chi connectivity index (χ3v) is 6.26. The Morgan fingerprint density at radius 3 is 2.47 bits per heavy atom. The molecule has 1 saturated heterocycles. The average Bonchev–Trinajstić information content (AvgIpc) is 3.60. The van der Waals surface area contributed by atoms with Crippen molar-refractivity contribution in [2.24, 2.45) is 0 Å². The highest BCUT2D eigenvalue weighted by atomic mass is 19.1. The maximum Gasteiger partial charge on any atom is 0.289 e. The Morgan fingerprint density at radius 2 is 1.81 bits per heavy atom. The van der Waals surface area contributed by atoms with E-state index in [-0.39, 0.29) is 17.8 Å². The lowest BCUT2D eigenvalue weighted by Gasteiger charge is -2.38. The highest BCUT2D eigenvalue weighted by molar-refractivity contribution is 5.91. The van der Waals surface area contributed by atoms with Gasteiger partial charge >= 0.3 is 0 Å². The lowest BCUT2D eigenvalue weighted by Crippen LogP contribution is -2.50. The number of tetrazole rings is 1. The fraction of sp³-hybridized carbons (Fsp3) is 0.308. The van der Waals surface area contributed by atoms with E-state index in [4.69, 9.17) is 9.15 Å².